The summed E-state index contributed by atoms with van der Waals surface area (Å²) >= 11 is 0. The second-order valence-electron chi connectivity index (χ2n) is 5.17. The monoisotopic (exact) mass is 246 g/mol. The van der Waals surface area contributed by atoms with Gasteiger partial charge in [-0.2, -0.15) is 0 Å². The van der Waals surface area contributed by atoms with E-state index in [-0.39, 0.29) is 11.9 Å². The maximum absolute atomic E-state index is 12.4. The highest BCUT2D eigenvalue weighted by atomic mass is 16.2. The number of aryl methyl sites for hydroxylation is 1. The van der Waals surface area contributed by atoms with Crippen LogP contribution in [-0.2, 0) is 6.42 Å². The zero-order chi connectivity index (χ0) is 13.0. The van der Waals surface area contributed by atoms with Crippen LogP contribution in [0.1, 0.15) is 42.1 Å². The first-order valence-electron chi connectivity index (χ1n) is 6.81. The van der Waals surface area contributed by atoms with Gasteiger partial charge in [0.25, 0.3) is 5.91 Å². The number of nitrogens with two attached hydrogens (primary N) is 1. The molecule has 1 heterocycles. The lowest BCUT2D eigenvalue weighted by molar-refractivity contribution is 0.0757. The average molecular weight is 246 g/mol. The summed E-state index contributed by atoms with van der Waals surface area (Å²) in [5, 5.41) is 0. The summed E-state index contributed by atoms with van der Waals surface area (Å²) in [5.74, 6) is 0.188. The van der Waals surface area contributed by atoms with E-state index in [0.29, 0.717) is 0 Å². The third-order valence-corrected chi connectivity index (χ3v) is 3.50. The Bertz CT molecular complexity index is 415. The first-order valence-corrected chi connectivity index (χ1v) is 6.81. The third kappa shape index (κ3) is 3.10. The van der Waals surface area contributed by atoms with E-state index in [1.54, 1.807) is 0 Å². The highest BCUT2D eigenvalue weighted by Gasteiger charge is 2.21. The highest BCUT2D eigenvalue weighted by molar-refractivity contribution is 5.96. The van der Waals surface area contributed by atoms with Crippen LogP contribution in [0.3, 0.4) is 0 Å². The predicted octanol–water partition coefficient (Wildman–Crippen LogP) is 2.20. The fourth-order valence-electron chi connectivity index (χ4n) is 2.50. The number of benzene rings is 1. The molecule has 1 aliphatic heterocycles. The first-order chi connectivity index (χ1) is 8.68. The van der Waals surface area contributed by atoms with Gasteiger partial charge in [-0.05, 0) is 44.2 Å². The Balaban J connectivity index is 2.03. The molecule has 0 radical (unpaired) electrons. The molecule has 3 nitrogen and oxygen atoms in total. The largest absolute Gasteiger partial charge is 0.339 e. The van der Waals surface area contributed by atoms with Gasteiger partial charge in [-0.25, -0.2) is 0 Å². The van der Waals surface area contributed by atoms with Crippen LogP contribution >= 0.6 is 0 Å². The van der Waals surface area contributed by atoms with Crippen molar-refractivity contribution in [1.29, 1.82) is 0 Å². The zero-order valence-electron chi connectivity index (χ0n) is 11.1. The van der Waals surface area contributed by atoms with Crippen molar-refractivity contribution < 1.29 is 4.79 Å². The van der Waals surface area contributed by atoms with Gasteiger partial charge < -0.3 is 10.6 Å². The number of fused-ring (bicyclic) bond motifs is 1. The minimum Gasteiger partial charge on any atom is -0.339 e. The lowest BCUT2D eigenvalue weighted by Crippen LogP contribution is -2.32. The van der Waals surface area contributed by atoms with Gasteiger partial charge in [0.05, 0.1) is 0 Å². The minimum atomic E-state index is 0.188. The molecule has 0 bridgehead atoms. The Morgan fingerprint density at radius 1 is 1.39 bits per heavy atom. The second kappa shape index (κ2) is 6.01. The van der Waals surface area contributed by atoms with Gasteiger partial charge >= 0.3 is 0 Å². The molecule has 1 aromatic carbocycles. The SMILES string of the molecule is CC(N)CCCN1CCCc2ccccc2C1=O. The van der Waals surface area contributed by atoms with E-state index in [2.05, 4.69) is 6.07 Å². The number of carbonyl (C=O) groups excluding carboxylic acids is 1. The van der Waals surface area contributed by atoms with Gasteiger partial charge in [0, 0.05) is 24.7 Å². The average Bonchev–Trinajstić information content (AvgIpc) is 2.50. The van der Waals surface area contributed by atoms with Crippen molar-refractivity contribution in [3.05, 3.63) is 35.4 Å². The highest BCUT2D eigenvalue weighted by Crippen LogP contribution is 2.18. The van der Waals surface area contributed by atoms with E-state index in [0.717, 1.165) is 44.3 Å². The zero-order valence-corrected chi connectivity index (χ0v) is 11.1. The number of carbonyl (C=O) groups is 1. The Morgan fingerprint density at radius 3 is 2.94 bits per heavy atom. The molecule has 0 saturated carbocycles. The molecule has 2 rings (SSSR count). The second-order valence-corrected chi connectivity index (χ2v) is 5.17. The predicted molar refractivity (Wildman–Crippen MR) is 73.5 cm³/mol. The molecule has 3 heteroatoms. The van der Waals surface area contributed by atoms with Crippen LogP contribution in [0.25, 0.3) is 0 Å². The van der Waals surface area contributed by atoms with E-state index < -0.39 is 0 Å². The van der Waals surface area contributed by atoms with Crippen LogP contribution in [-0.4, -0.2) is 29.9 Å². The molecule has 1 amide bonds. The topological polar surface area (TPSA) is 46.3 Å². The van der Waals surface area contributed by atoms with Crippen LogP contribution in [0.4, 0.5) is 0 Å². The molecule has 1 atom stereocenters. The maximum Gasteiger partial charge on any atom is 0.254 e. The third-order valence-electron chi connectivity index (χ3n) is 3.50. The summed E-state index contributed by atoms with van der Waals surface area (Å²) in [6.45, 7) is 3.71. The van der Waals surface area contributed by atoms with E-state index in [1.807, 2.05) is 30.0 Å². The molecule has 1 unspecified atom stereocenters. The van der Waals surface area contributed by atoms with Crippen LogP contribution in [0.15, 0.2) is 24.3 Å². The Labute approximate surface area is 109 Å². The fraction of sp³-hybridized carbons (Fsp3) is 0.533. The molecule has 0 fully saturated rings. The van der Waals surface area contributed by atoms with Crippen molar-refractivity contribution in [3.8, 4) is 0 Å². The first kappa shape index (κ1) is 13.1. The van der Waals surface area contributed by atoms with Crippen molar-refractivity contribution in [3.63, 3.8) is 0 Å². The molecule has 0 saturated heterocycles. The van der Waals surface area contributed by atoms with Gasteiger partial charge in [0.2, 0.25) is 0 Å². The normalized spacial score (nSPS) is 17.2. The molecular formula is C15H22N2O. The minimum absolute atomic E-state index is 0.188. The van der Waals surface area contributed by atoms with E-state index in [4.69, 9.17) is 5.73 Å². The summed E-state index contributed by atoms with van der Waals surface area (Å²) in [4.78, 5) is 14.4. The lowest BCUT2D eigenvalue weighted by atomic mass is 10.0. The van der Waals surface area contributed by atoms with Gasteiger partial charge in [0.15, 0.2) is 0 Å². The number of nitrogens with zero attached hydrogens (tertiary/aromatic N) is 1. The van der Waals surface area contributed by atoms with Gasteiger partial charge in [0.1, 0.15) is 0 Å². The number of hydrogen-bond donors (Lipinski definition) is 1. The molecule has 1 aromatic rings. The molecule has 98 valence electrons. The van der Waals surface area contributed by atoms with Crippen molar-refractivity contribution in [1.82, 2.24) is 4.90 Å². The van der Waals surface area contributed by atoms with Crippen LogP contribution < -0.4 is 5.73 Å². The number of hydrogen-bond acceptors (Lipinski definition) is 2. The molecule has 0 aromatic heterocycles. The van der Waals surface area contributed by atoms with Crippen molar-refractivity contribution in [2.45, 2.75) is 38.6 Å². The molecule has 18 heavy (non-hydrogen) atoms. The number of amides is 1. The molecular weight excluding hydrogens is 224 g/mol. The Hall–Kier alpha value is -1.35. The number of rotatable bonds is 4. The van der Waals surface area contributed by atoms with Crippen molar-refractivity contribution in [2.75, 3.05) is 13.1 Å². The summed E-state index contributed by atoms with van der Waals surface area (Å²) < 4.78 is 0. The van der Waals surface area contributed by atoms with E-state index >= 15 is 0 Å². The molecule has 0 aliphatic carbocycles. The Kier molecular flexibility index (Phi) is 4.37. The van der Waals surface area contributed by atoms with Gasteiger partial charge in [-0.1, -0.05) is 18.2 Å². The van der Waals surface area contributed by atoms with Crippen molar-refractivity contribution in [2.24, 2.45) is 5.73 Å². The summed E-state index contributed by atoms with van der Waals surface area (Å²) in [5.41, 5.74) is 7.82. The fourth-order valence-corrected chi connectivity index (χ4v) is 2.50. The van der Waals surface area contributed by atoms with Crippen LogP contribution in [0.2, 0.25) is 0 Å². The smallest absolute Gasteiger partial charge is 0.254 e. The van der Waals surface area contributed by atoms with Crippen LogP contribution in [0, 0.1) is 0 Å². The summed E-state index contributed by atoms with van der Waals surface area (Å²) in [7, 11) is 0. The standard InChI is InChI=1S/C15H22N2O/c1-12(16)6-4-10-17-11-5-8-13-7-2-3-9-14(13)15(17)18/h2-3,7,9,12H,4-6,8,10-11,16H2,1H3. The molecule has 2 N–H and O–H groups in total. The molecule has 1 aliphatic rings. The van der Waals surface area contributed by atoms with E-state index in [9.17, 15) is 4.79 Å². The van der Waals surface area contributed by atoms with Gasteiger partial charge in [-0.15, -0.1) is 0 Å². The maximum atomic E-state index is 12.4. The van der Waals surface area contributed by atoms with Crippen LogP contribution in [0.5, 0.6) is 0 Å². The summed E-state index contributed by atoms with van der Waals surface area (Å²) in [6.07, 6.45) is 4.03. The van der Waals surface area contributed by atoms with Crippen molar-refractivity contribution >= 4 is 5.91 Å². The molecule has 0 spiro atoms. The summed E-state index contributed by atoms with van der Waals surface area (Å²) in [6, 6.07) is 8.19. The quantitative estimate of drug-likeness (QED) is 0.885. The lowest BCUT2D eigenvalue weighted by Gasteiger charge is -2.21. The van der Waals surface area contributed by atoms with Gasteiger partial charge in [-0.3, -0.25) is 4.79 Å². The Morgan fingerprint density at radius 2 is 2.17 bits per heavy atom. The van der Waals surface area contributed by atoms with E-state index in [1.165, 1.54) is 5.56 Å².